The van der Waals surface area contributed by atoms with Crippen molar-refractivity contribution in [2.75, 3.05) is 5.75 Å². The number of halogens is 1. The zero-order valence-corrected chi connectivity index (χ0v) is 23.1. The summed E-state index contributed by atoms with van der Waals surface area (Å²) in [6.45, 7) is 6.56. The summed E-state index contributed by atoms with van der Waals surface area (Å²) >= 11 is 1.80. The second-order valence-corrected chi connectivity index (χ2v) is 13.1. The van der Waals surface area contributed by atoms with Crippen molar-refractivity contribution in [1.82, 2.24) is 0 Å². The Morgan fingerprint density at radius 3 is 1.44 bits per heavy atom. The van der Waals surface area contributed by atoms with Crippen LogP contribution >= 0.6 is 42.6 Å². The molecule has 0 unspecified atom stereocenters. The lowest BCUT2D eigenvalue weighted by Gasteiger charge is -2.30. The molecule has 1 aliphatic rings. The highest BCUT2D eigenvalue weighted by molar-refractivity contribution is 14.0. The monoisotopic (exact) mass is 572 g/mol. The van der Waals surface area contributed by atoms with E-state index in [4.69, 9.17) is 9.98 Å². The van der Waals surface area contributed by atoms with Gasteiger partial charge >= 0.3 is 0 Å². The van der Waals surface area contributed by atoms with Crippen molar-refractivity contribution in [3.8, 4) is 0 Å². The molecule has 5 heteroatoms. The highest BCUT2D eigenvalue weighted by Crippen LogP contribution is 2.48. The van der Waals surface area contributed by atoms with E-state index in [0.29, 0.717) is 0 Å². The van der Waals surface area contributed by atoms with Gasteiger partial charge in [0.1, 0.15) is 16.3 Å². The number of hydrogen-bond acceptors (Lipinski definition) is 2. The third-order valence-corrected chi connectivity index (χ3v) is 10.5. The zero-order valence-electron chi connectivity index (χ0n) is 19.0. The van der Waals surface area contributed by atoms with Gasteiger partial charge < -0.3 is 0 Å². The van der Waals surface area contributed by atoms with Gasteiger partial charge in [0.2, 0.25) is 0 Å². The molecule has 3 aromatic rings. The van der Waals surface area contributed by atoms with E-state index >= 15 is 0 Å². The first-order chi connectivity index (χ1) is 15.0. The molecule has 1 aliphatic heterocycles. The Kier molecular flexibility index (Phi) is 8.24. The molecule has 0 aromatic heterocycles. The molecule has 0 amide bonds. The Labute approximate surface area is 213 Å². The lowest BCUT2D eigenvalue weighted by molar-refractivity contribution is 0.587. The van der Waals surface area contributed by atoms with Gasteiger partial charge in [-0.25, -0.2) is 9.98 Å². The summed E-state index contributed by atoms with van der Waals surface area (Å²) in [5, 5.41) is 5.00. The van der Waals surface area contributed by atoms with Crippen LogP contribution in [0.3, 0.4) is 0 Å². The standard InChI is InChI=1S/C27H29N2PS.HI/c1-5-31-25-24(28-26(29-25)27(2,3)4)30(21-15-9-6-10-16-21,22-17-11-7-12-18-22)23-19-13-8-14-20-23;/h6-20H,5H2,1-4H3;1H. The van der Waals surface area contributed by atoms with Crippen LogP contribution in [-0.2, 0) is 0 Å². The quantitative estimate of drug-likeness (QED) is 0.265. The van der Waals surface area contributed by atoms with Gasteiger partial charge in [0, 0.05) is 12.3 Å². The van der Waals surface area contributed by atoms with E-state index in [1.807, 2.05) is 0 Å². The SMILES string of the molecule is CCSC1=NC(C(C)(C)C)=NC1=P(c1ccccc1)(c1ccccc1)c1ccccc1.I. The van der Waals surface area contributed by atoms with Crippen LogP contribution in [0.2, 0.25) is 0 Å². The van der Waals surface area contributed by atoms with Crippen LogP contribution in [0, 0.1) is 5.41 Å². The molecule has 2 nitrogen and oxygen atoms in total. The van der Waals surface area contributed by atoms with Crippen LogP contribution in [-0.4, -0.2) is 22.0 Å². The molecular formula is C27H30IN2PS. The van der Waals surface area contributed by atoms with Crippen LogP contribution in [0.5, 0.6) is 0 Å². The smallest absolute Gasteiger partial charge is 0.135 e. The van der Waals surface area contributed by atoms with Gasteiger partial charge in [0.25, 0.3) is 0 Å². The fraction of sp³-hybridized carbons (Fsp3) is 0.222. The summed E-state index contributed by atoms with van der Waals surface area (Å²) in [6.07, 6.45) is 0. The average Bonchev–Trinajstić information content (AvgIpc) is 3.22. The Hall–Kier alpha value is -1.62. The number of benzene rings is 3. The molecule has 0 fully saturated rings. The topological polar surface area (TPSA) is 24.7 Å². The molecule has 0 aliphatic carbocycles. The lowest BCUT2D eigenvalue weighted by atomic mass is 9.95. The van der Waals surface area contributed by atoms with Crippen LogP contribution in [0.4, 0.5) is 0 Å². The molecule has 32 heavy (non-hydrogen) atoms. The number of aliphatic imine (C=N–C) groups is 2. The number of thioether (sulfide) groups is 1. The van der Waals surface area contributed by atoms with Gasteiger partial charge in [-0.15, -0.1) is 35.7 Å². The fourth-order valence-corrected chi connectivity index (χ4v) is 9.15. The normalized spacial score (nSPS) is 13.9. The second-order valence-electron chi connectivity index (χ2n) is 8.54. The van der Waals surface area contributed by atoms with Crippen molar-refractivity contribution in [2.45, 2.75) is 27.7 Å². The van der Waals surface area contributed by atoms with E-state index in [0.717, 1.165) is 22.0 Å². The van der Waals surface area contributed by atoms with Crippen LogP contribution in [0.25, 0.3) is 0 Å². The Balaban J connectivity index is 0.00000289. The van der Waals surface area contributed by atoms with Gasteiger partial charge in [-0.05, 0) is 21.7 Å². The third kappa shape index (κ3) is 4.69. The molecule has 3 aromatic carbocycles. The van der Waals surface area contributed by atoms with Crippen LogP contribution in [0.1, 0.15) is 27.7 Å². The first-order valence-electron chi connectivity index (χ1n) is 10.7. The van der Waals surface area contributed by atoms with Gasteiger partial charge in [0.15, 0.2) is 0 Å². The Morgan fingerprint density at radius 1 is 0.688 bits per heavy atom. The van der Waals surface area contributed by atoms with E-state index in [1.165, 1.54) is 15.9 Å². The molecule has 0 atom stereocenters. The largest absolute Gasteiger partial charge is 0.229 e. The van der Waals surface area contributed by atoms with Crippen molar-refractivity contribution in [3.63, 3.8) is 0 Å². The molecular weight excluding hydrogens is 542 g/mol. The minimum absolute atomic E-state index is 0. The second kappa shape index (κ2) is 10.5. The third-order valence-electron chi connectivity index (χ3n) is 5.31. The molecule has 0 saturated carbocycles. The molecule has 4 rings (SSSR count). The number of nitrogens with zero attached hydrogens (tertiary/aromatic N) is 2. The zero-order chi connectivity index (χ0) is 21.9. The van der Waals surface area contributed by atoms with Crippen LogP contribution in [0.15, 0.2) is 101 Å². The van der Waals surface area contributed by atoms with Crippen LogP contribution < -0.4 is 15.9 Å². The maximum Gasteiger partial charge on any atom is 0.135 e. The summed E-state index contributed by atoms with van der Waals surface area (Å²) < 4.78 is 0. The summed E-state index contributed by atoms with van der Waals surface area (Å²) in [4.78, 5) is 10.4. The van der Waals surface area contributed by atoms with Crippen molar-refractivity contribution in [1.29, 1.82) is 0 Å². The predicted molar refractivity (Wildman–Crippen MR) is 158 cm³/mol. The summed E-state index contributed by atoms with van der Waals surface area (Å²) in [7, 11) is 0. The number of rotatable bonds is 4. The van der Waals surface area contributed by atoms with Gasteiger partial charge in [-0.3, -0.25) is 0 Å². The maximum absolute atomic E-state index is 5.32. The summed E-state index contributed by atoms with van der Waals surface area (Å²) in [5.41, 5.74) is 1.02. The molecule has 166 valence electrons. The minimum atomic E-state index is -2.22. The van der Waals surface area contributed by atoms with E-state index in [1.54, 1.807) is 11.8 Å². The van der Waals surface area contributed by atoms with Crippen molar-refractivity contribution < 1.29 is 0 Å². The number of hydrogen-bond donors (Lipinski definition) is 0. The van der Waals surface area contributed by atoms with Crippen molar-refractivity contribution >= 4 is 74.8 Å². The summed E-state index contributed by atoms with van der Waals surface area (Å²) in [6, 6.07) is 32.7. The first-order valence-corrected chi connectivity index (χ1v) is 13.5. The van der Waals surface area contributed by atoms with Crippen molar-refractivity contribution in [3.05, 3.63) is 91.0 Å². The Morgan fingerprint density at radius 2 is 1.09 bits per heavy atom. The molecule has 0 bridgehead atoms. The molecule has 0 radical (unpaired) electrons. The number of amidine groups is 1. The van der Waals surface area contributed by atoms with E-state index in [9.17, 15) is 0 Å². The van der Waals surface area contributed by atoms with Gasteiger partial charge in [-0.2, -0.15) is 0 Å². The van der Waals surface area contributed by atoms with E-state index in [2.05, 4.69) is 119 Å². The predicted octanol–water partition coefficient (Wildman–Crippen LogP) is 6.34. The average molecular weight is 572 g/mol. The minimum Gasteiger partial charge on any atom is -0.229 e. The van der Waals surface area contributed by atoms with E-state index < -0.39 is 6.89 Å². The molecule has 0 N–H and O–H groups in total. The van der Waals surface area contributed by atoms with Crippen molar-refractivity contribution in [2.24, 2.45) is 15.4 Å². The first kappa shape index (κ1) is 25.0. The molecule has 1 heterocycles. The van der Waals surface area contributed by atoms with E-state index in [-0.39, 0.29) is 29.4 Å². The summed E-state index contributed by atoms with van der Waals surface area (Å²) in [5.74, 6) is 1.89. The maximum atomic E-state index is 5.32. The molecule has 0 spiro atoms. The van der Waals surface area contributed by atoms with Gasteiger partial charge in [-0.1, -0.05) is 119 Å². The highest BCUT2D eigenvalue weighted by Gasteiger charge is 2.36. The van der Waals surface area contributed by atoms with Gasteiger partial charge in [0.05, 0.1) is 0 Å². The Bertz CT molecular complexity index is 1060. The molecule has 0 saturated heterocycles. The fourth-order valence-electron chi connectivity index (χ4n) is 3.88. The lowest BCUT2D eigenvalue weighted by Crippen LogP contribution is -2.31. The highest BCUT2D eigenvalue weighted by atomic mass is 127.